The van der Waals surface area contributed by atoms with Crippen molar-refractivity contribution in [3.8, 4) is 0 Å². The number of hydrogen-bond acceptors (Lipinski definition) is 6. The lowest BCUT2D eigenvalue weighted by atomic mass is 10.1. The number of halogens is 1. The van der Waals surface area contributed by atoms with E-state index in [1.54, 1.807) is 30.5 Å². The third-order valence-electron chi connectivity index (χ3n) is 3.88. The minimum absolute atomic E-state index is 0.115. The van der Waals surface area contributed by atoms with Crippen LogP contribution in [0.15, 0.2) is 36.5 Å². The molecular formula is C16H19FN4O2S. The predicted octanol–water partition coefficient (Wildman–Crippen LogP) is 1.87. The summed E-state index contributed by atoms with van der Waals surface area (Å²) in [5, 5.41) is 6.18. The Morgan fingerprint density at radius 2 is 2.08 bits per heavy atom. The first-order chi connectivity index (χ1) is 11.5. The van der Waals surface area contributed by atoms with Gasteiger partial charge >= 0.3 is 0 Å². The van der Waals surface area contributed by atoms with Gasteiger partial charge in [-0.15, -0.1) is 0 Å². The first-order valence-corrected chi connectivity index (χ1v) is 9.61. The molecule has 1 aliphatic rings. The lowest BCUT2D eigenvalue weighted by Gasteiger charge is -2.12. The van der Waals surface area contributed by atoms with Crippen LogP contribution in [0.25, 0.3) is 0 Å². The zero-order chi connectivity index (χ0) is 17.0. The highest BCUT2D eigenvalue weighted by atomic mass is 32.2. The molecule has 1 unspecified atom stereocenters. The molecule has 1 saturated heterocycles. The average molecular weight is 350 g/mol. The molecule has 1 fully saturated rings. The van der Waals surface area contributed by atoms with Crippen LogP contribution in [0.5, 0.6) is 0 Å². The second-order valence-corrected chi connectivity index (χ2v) is 8.01. The Balaban J connectivity index is 1.55. The van der Waals surface area contributed by atoms with E-state index < -0.39 is 9.84 Å². The van der Waals surface area contributed by atoms with Crippen LogP contribution in [0.3, 0.4) is 0 Å². The van der Waals surface area contributed by atoms with Crippen molar-refractivity contribution in [3.63, 3.8) is 0 Å². The summed E-state index contributed by atoms with van der Waals surface area (Å²) in [6.45, 7) is 0.502. The molecule has 1 aromatic carbocycles. The summed E-state index contributed by atoms with van der Waals surface area (Å²) in [6.07, 6.45) is 2.71. The minimum Gasteiger partial charge on any atom is -0.366 e. The Hall–Kier alpha value is -2.22. The van der Waals surface area contributed by atoms with E-state index in [1.165, 1.54) is 6.07 Å². The van der Waals surface area contributed by atoms with E-state index in [4.69, 9.17) is 0 Å². The topological polar surface area (TPSA) is 84.0 Å². The minimum atomic E-state index is -2.93. The third kappa shape index (κ3) is 4.41. The Labute approximate surface area is 140 Å². The van der Waals surface area contributed by atoms with Gasteiger partial charge in [0.15, 0.2) is 9.84 Å². The molecule has 0 saturated carbocycles. The summed E-state index contributed by atoms with van der Waals surface area (Å²) >= 11 is 0. The Morgan fingerprint density at radius 3 is 2.83 bits per heavy atom. The molecule has 3 rings (SSSR count). The maximum atomic E-state index is 13.6. The van der Waals surface area contributed by atoms with Crippen LogP contribution in [-0.2, 0) is 16.3 Å². The molecule has 1 aromatic heterocycles. The van der Waals surface area contributed by atoms with Crippen LogP contribution in [0.1, 0.15) is 12.0 Å². The second-order valence-electron chi connectivity index (χ2n) is 5.78. The van der Waals surface area contributed by atoms with Gasteiger partial charge in [0, 0.05) is 18.8 Å². The third-order valence-corrected chi connectivity index (χ3v) is 5.64. The van der Waals surface area contributed by atoms with Gasteiger partial charge in [0.1, 0.15) is 11.6 Å². The highest BCUT2D eigenvalue weighted by molar-refractivity contribution is 7.91. The van der Waals surface area contributed by atoms with Crippen molar-refractivity contribution in [1.82, 2.24) is 9.97 Å². The lowest BCUT2D eigenvalue weighted by Crippen LogP contribution is -2.21. The van der Waals surface area contributed by atoms with Crippen molar-refractivity contribution in [1.29, 1.82) is 0 Å². The van der Waals surface area contributed by atoms with Crippen molar-refractivity contribution in [2.24, 2.45) is 0 Å². The summed E-state index contributed by atoms with van der Waals surface area (Å²) in [5.74, 6) is 1.13. The number of rotatable bonds is 6. The fourth-order valence-electron chi connectivity index (χ4n) is 2.65. The standard InChI is InChI=1S/C16H19FN4O2S/c17-14-4-2-1-3-12(14)5-8-18-16-19-9-6-15(21-16)20-13-7-10-24(22,23)11-13/h1-4,6,9,13H,5,7-8,10-11H2,(H2,18,19,20,21). The molecule has 6 nitrogen and oxygen atoms in total. The number of nitrogens with zero attached hydrogens (tertiary/aromatic N) is 2. The van der Waals surface area contributed by atoms with E-state index in [1.807, 2.05) is 0 Å². The molecular weight excluding hydrogens is 331 g/mol. The zero-order valence-electron chi connectivity index (χ0n) is 13.1. The van der Waals surface area contributed by atoms with Crippen LogP contribution in [0.4, 0.5) is 16.2 Å². The van der Waals surface area contributed by atoms with Crippen molar-refractivity contribution in [2.75, 3.05) is 28.7 Å². The molecule has 8 heteroatoms. The Kier molecular flexibility index (Phi) is 4.94. The number of nitrogens with one attached hydrogen (secondary N) is 2. The van der Waals surface area contributed by atoms with E-state index in [0.29, 0.717) is 36.7 Å². The molecule has 1 atom stereocenters. The first kappa shape index (κ1) is 16.6. The van der Waals surface area contributed by atoms with Crippen molar-refractivity contribution < 1.29 is 12.8 Å². The van der Waals surface area contributed by atoms with Gasteiger partial charge in [-0.3, -0.25) is 0 Å². The summed E-state index contributed by atoms with van der Waals surface area (Å²) in [5.41, 5.74) is 0.635. The molecule has 24 heavy (non-hydrogen) atoms. The smallest absolute Gasteiger partial charge is 0.224 e. The maximum absolute atomic E-state index is 13.6. The SMILES string of the molecule is O=S1(=O)CCC(Nc2ccnc(NCCc3ccccc3F)n2)C1. The molecule has 0 bridgehead atoms. The lowest BCUT2D eigenvalue weighted by molar-refractivity contribution is 0.602. The fraction of sp³-hybridized carbons (Fsp3) is 0.375. The van der Waals surface area contributed by atoms with Crippen molar-refractivity contribution in [2.45, 2.75) is 18.9 Å². The Morgan fingerprint density at radius 1 is 1.25 bits per heavy atom. The molecule has 0 aliphatic carbocycles. The number of anilines is 2. The molecule has 0 amide bonds. The highest BCUT2D eigenvalue weighted by Gasteiger charge is 2.27. The highest BCUT2D eigenvalue weighted by Crippen LogP contribution is 2.16. The molecule has 2 heterocycles. The van der Waals surface area contributed by atoms with Crippen LogP contribution < -0.4 is 10.6 Å². The van der Waals surface area contributed by atoms with Gasteiger partial charge < -0.3 is 10.6 Å². The molecule has 0 spiro atoms. The first-order valence-electron chi connectivity index (χ1n) is 7.79. The maximum Gasteiger partial charge on any atom is 0.224 e. The molecule has 0 radical (unpaired) electrons. The zero-order valence-corrected chi connectivity index (χ0v) is 13.9. The van der Waals surface area contributed by atoms with Gasteiger partial charge in [-0.25, -0.2) is 17.8 Å². The van der Waals surface area contributed by atoms with Gasteiger partial charge in [0.05, 0.1) is 11.5 Å². The van der Waals surface area contributed by atoms with Gasteiger partial charge in [-0.05, 0) is 30.5 Å². The van der Waals surface area contributed by atoms with Crippen molar-refractivity contribution >= 4 is 21.6 Å². The van der Waals surface area contributed by atoms with E-state index >= 15 is 0 Å². The van der Waals surface area contributed by atoms with E-state index in [9.17, 15) is 12.8 Å². The van der Waals surface area contributed by atoms with E-state index in [0.717, 1.165) is 0 Å². The van der Waals surface area contributed by atoms with Gasteiger partial charge in [-0.2, -0.15) is 4.98 Å². The van der Waals surface area contributed by atoms with Gasteiger partial charge in [0.25, 0.3) is 0 Å². The van der Waals surface area contributed by atoms with Gasteiger partial charge in [-0.1, -0.05) is 18.2 Å². The molecule has 1 aliphatic heterocycles. The van der Waals surface area contributed by atoms with Gasteiger partial charge in [0.2, 0.25) is 5.95 Å². The van der Waals surface area contributed by atoms with E-state index in [2.05, 4.69) is 20.6 Å². The quantitative estimate of drug-likeness (QED) is 0.827. The monoisotopic (exact) mass is 350 g/mol. The van der Waals surface area contributed by atoms with E-state index in [-0.39, 0.29) is 23.4 Å². The normalized spacial score (nSPS) is 19.1. The fourth-order valence-corrected chi connectivity index (χ4v) is 4.33. The molecule has 2 N–H and O–H groups in total. The number of hydrogen-bond donors (Lipinski definition) is 2. The summed E-state index contributed by atoms with van der Waals surface area (Å²) in [7, 11) is -2.93. The number of aromatic nitrogens is 2. The van der Waals surface area contributed by atoms with Crippen LogP contribution in [0, 0.1) is 5.82 Å². The molecule has 128 valence electrons. The number of sulfone groups is 1. The Bertz CT molecular complexity index is 813. The van der Waals surface area contributed by atoms with Crippen LogP contribution in [-0.4, -0.2) is 42.5 Å². The summed E-state index contributed by atoms with van der Waals surface area (Å²) < 4.78 is 36.5. The van der Waals surface area contributed by atoms with Crippen LogP contribution >= 0.6 is 0 Å². The largest absolute Gasteiger partial charge is 0.366 e. The average Bonchev–Trinajstić information content (AvgIpc) is 2.88. The second kappa shape index (κ2) is 7.12. The van der Waals surface area contributed by atoms with Crippen molar-refractivity contribution in [3.05, 3.63) is 47.9 Å². The van der Waals surface area contributed by atoms with Crippen LogP contribution in [0.2, 0.25) is 0 Å². The summed E-state index contributed by atoms with van der Waals surface area (Å²) in [6, 6.07) is 8.23. The predicted molar refractivity (Wildman–Crippen MR) is 91.3 cm³/mol. The number of benzene rings is 1. The summed E-state index contributed by atoms with van der Waals surface area (Å²) in [4.78, 5) is 8.44. The molecule has 2 aromatic rings.